The van der Waals surface area contributed by atoms with E-state index in [0.29, 0.717) is 51.0 Å². The standard InChI is InChI=1S/C27H28ClN5O4/c28-22-12-20(5-6-23(22)32-27(35)31-18-3-4-18)37-25-7-8-30-24-13-26(17(14-29)11-21(24)25)36-16-19(34)15-33-9-1-2-10-33/h5-8,11-13,18-19,34H,1-4,9-10,15-16H2,(H2,31,32,35)/t19-/m1/s1. The van der Waals surface area contributed by atoms with Crippen molar-refractivity contribution in [1.82, 2.24) is 15.2 Å². The van der Waals surface area contributed by atoms with Crippen LogP contribution in [-0.4, -0.2) is 59.4 Å². The summed E-state index contributed by atoms with van der Waals surface area (Å²) in [5, 5.41) is 26.7. The molecule has 1 aliphatic carbocycles. The molecule has 0 radical (unpaired) electrons. The van der Waals surface area contributed by atoms with Crippen molar-refractivity contribution in [3.05, 3.63) is 53.2 Å². The van der Waals surface area contributed by atoms with E-state index in [1.54, 1.807) is 42.6 Å². The number of fused-ring (bicyclic) bond motifs is 1. The van der Waals surface area contributed by atoms with Gasteiger partial charge < -0.3 is 30.1 Å². The fraction of sp³-hybridized carbons (Fsp3) is 0.370. The lowest BCUT2D eigenvalue weighted by Gasteiger charge is -2.20. The molecule has 3 N–H and O–H groups in total. The molecule has 0 spiro atoms. The van der Waals surface area contributed by atoms with Gasteiger partial charge in [0.25, 0.3) is 0 Å². The van der Waals surface area contributed by atoms with E-state index in [2.05, 4.69) is 26.6 Å². The number of aromatic nitrogens is 1. The molecule has 2 heterocycles. The maximum absolute atomic E-state index is 12.0. The number of nitriles is 1. The second-order valence-electron chi connectivity index (χ2n) is 9.38. The van der Waals surface area contributed by atoms with Crippen LogP contribution in [0.3, 0.4) is 0 Å². The van der Waals surface area contributed by atoms with Crippen LogP contribution in [0.15, 0.2) is 42.6 Å². The third-order valence-corrected chi connectivity index (χ3v) is 6.66. The second kappa shape index (κ2) is 11.2. The largest absolute Gasteiger partial charge is 0.489 e. The van der Waals surface area contributed by atoms with E-state index in [1.807, 2.05) is 0 Å². The summed E-state index contributed by atoms with van der Waals surface area (Å²) in [7, 11) is 0. The summed E-state index contributed by atoms with van der Waals surface area (Å²) in [6.45, 7) is 2.62. The Labute approximate surface area is 219 Å². The highest BCUT2D eigenvalue weighted by molar-refractivity contribution is 6.33. The summed E-state index contributed by atoms with van der Waals surface area (Å²) in [6, 6.07) is 12.2. The molecule has 1 saturated heterocycles. The van der Waals surface area contributed by atoms with Crippen LogP contribution in [0, 0.1) is 11.3 Å². The van der Waals surface area contributed by atoms with Gasteiger partial charge in [0, 0.05) is 36.3 Å². The van der Waals surface area contributed by atoms with Crippen molar-refractivity contribution in [3.63, 3.8) is 0 Å². The van der Waals surface area contributed by atoms with Crippen molar-refractivity contribution in [1.29, 1.82) is 5.26 Å². The van der Waals surface area contributed by atoms with Gasteiger partial charge in [0.2, 0.25) is 0 Å². The average Bonchev–Trinajstić information content (AvgIpc) is 3.55. The Bertz CT molecular complexity index is 1330. The minimum Gasteiger partial charge on any atom is -0.489 e. The smallest absolute Gasteiger partial charge is 0.319 e. The van der Waals surface area contributed by atoms with Crippen LogP contribution in [0.25, 0.3) is 10.9 Å². The number of carbonyl (C=O) groups is 1. The number of urea groups is 1. The highest BCUT2D eigenvalue weighted by atomic mass is 35.5. The predicted molar refractivity (Wildman–Crippen MR) is 140 cm³/mol. The molecule has 1 atom stereocenters. The van der Waals surface area contributed by atoms with Crippen LogP contribution in [0.1, 0.15) is 31.2 Å². The number of hydrogen-bond donors (Lipinski definition) is 3. The first kappa shape index (κ1) is 25.1. The molecule has 2 amide bonds. The van der Waals surface area contributed by atoms with E-state index in [0.717, 1.165) is 38.8 Å². The number of aliphatic hydroxyl groups excluding tert-OH is 1. The Morgan fingerprint density at radius 3 is 2.76 bits per heavy atom. The Balaban J connectivity index is 1.29. The predicted octanol–water partition coefficient (Wildman–Crippen LogP) is 4.67. The van der Waals surface area contributed by atoms with Crippen molar-refractivity contribution in [3.8, 4) is 23.3 Å². The number of nitrogens with one attached hydrogen (secondary N) is 2. The molecule has 1 aromatic heterocycles. The molecule has 1 aliphatic heterocycles. The van der Waals surface area contributed by atoms with Gasteiger partial charge in [0.1, 0.15) is 36.0 Å². The van der Waals surface area contributed by atoms with Crippen molar-refractivity contribution in [2.24, 2.45) is 0 Å². The first-order valence-corrected chi connectivity index (χ1v) is 12.8. The number of halogens is 1. The van der Waals surface area contributed by atoms with Crippen molar-refractivity contribution in [2.75, 3.05) is 31.6 Å². The zero-order valence-corrected chi connectivity index (χ0v) is 21.0. The molecule has 3 aromatic rings. The molecule has 9 nitrogen and oxygen atoms in total. The van der Waals surface area contributed by atoms with Crippen molar-refractivity contribution in [2.45, 2.75) is 37.8 Å². The number of nitrogens with zero attached hydrogens (tertiary/aromatic N) is 3. The molecule has 0 bridgehead atoms. The van der Waals surface area contributed by atoms with Crippen LogP contribution < -0.4 is 20.1 Å². The van der Waals surface area contributed by atoms with E-state index < -0.39 is 6.10 Å². The van der Waals surface area contributed by atoms with Gasteiger partial charge in [0.05, 0.1) is 21.8 Å². The number of carbonyl (C=O) groups excluding carboxylic acids is 1. The molecule has 1 saturated carbocycles. The Hall–Kier alpha value is -3.58. The van der Waals surface area contributed by atoms with Gasteiger partial charge in [-0.3, -0.25) is 4.98 Å². The van der Waals surface area contributed by atoms with Crippen molar-refractivity contribution >= 4 is 34.2 Å². The van der Waals surface area contributed by atoms with Crippen LogP contribution >= 0.6 is 11.6 Å². The topological polar surface area (TPSA) is 120 Å². The Morgan fingerprint density at radius 1 is 1.22 bits per heavy atom. The average molecular weight is 522 g/mol. The Kier molecular flexibility index (Phi) is 7.60. The maximum Gasteiger partial charge on any atom is 0.319 e. The first-order chi connectivity index (χ1) is 18.0. The van der Waals surface area contributed by atoms with Gasteiger partial charge in [-0.2, -0.15) is 5.26 Å². The third kappa shape index (κ3) is 6.41. The molecular formula is C27H28ClN5O4. The summed E-state index contributed by atoms with van der Waals surface area (Å²) >= 11 is 6.37. The number of benzene rings is 2. The molecule has 5 rings (SSSR count). The lowest BCUT2D eigenvalue weighted by Crippen LogP contribution is -2.33. The minimum atomic E-state index is -0.648. The summed E-state index contributed by atoms with van der Waals surface area (Å²) < 4.78 is 11.9. The lowest BCUT2D eigenvalue weighted by atomic mass is 10.1. The van der Waals surface area contributed by atoms with Gasteiger partial charge in [-0.25, -0.2) is 4.79 Å². The van der Waals surface area contributed by atoms with E-state index in [4.69, 9.17) is 21.1 Å². The zero-order valence-electron chi connectivity index (χ0n) is 20.2. The molecular weight excluding hydrogens is 494 g/mol. The fourth-order valence-electron chi connectivity index (χ4n) is 4.31. The molecule has 2 aromatic carbocycles. The van der Waals surface area contributed by atoms with E-state index in [9.17, 15) is 15.2 Å². The van der Waals surface area contributed by atoms with Gasteiger partial charge in [0.15, 0.2) is 0 Å². The third-order valence-electron chi connectivity index (χ3n) is 6.35. The molecule has 192 valence electrons. The number of likely N-dealkylation sites (tertiary alicyclic amines) is 1. The fourth-order valence-corrected chi connectivity index (χ4v) is 4.52. The molecule has 2 aliphatic rings. The maximum atomic E-state index is 12.0. The van der Waals surface area contributed by atoms with Crippen LogP contribution in [0.2, 0.25) is 5.02 Å². The number of pyridine rings is 1. The van der Waals surface area contributed by atoms with Crippen molar-refractivity contribution < 1.29 is 19.4 Å². The summed E-state index contributed by atoms with van der Waals surface area (Å²) in [5.74, 6) is 1.32. The zero-order chi connectivity index (χ0) is 25.8. The van der Waals surface area contributed by atoms with E-state index in [1.165, 1.54) is 0 Å². The minimum absolute atomic E-state index is 0.0877. The Morgan fingerprint density at radius 2 is 2.03 bits per heavy atom. The number of rotatable bonds is 9. The number of amides is 2. The first-order valence-electron chi connectivity index (χ1n) is 12.4. The highest BCUT2D eigenvalue weighted by Gasteiger charge is 2.23. The molecule has 0 unspecified atom stereocenters. The highest BCUT2D eigenvalue weighted by Crippen LogP contribution is 2.35. The van der Waals surface area contributed by atoms with Crippen LogP contribution in [0.5, 0.6) is 17.2 Å². The number of aliphatic hydroxyl groups is 1. The van der Waals surface area contributed by atoms with Gasteiger partial charge in [-0.15, -0.1) is 0 Å². The normalized spacial score (nSPS) is 16.2. The number of ether oxygens (including phenoxy) is 2. The van der Waals surface area contributed by atoms with Crippen LogP contribution in [-0.2, 0) is 0 Å². The van der Waals surface area contributed by atoms with Crippen LogP contribution in [0.4, 0.5) is 10.5 Å². The summed E-state index contributed by atoms with van der Waals surface area (Å²) in [5.41, 5.74) is 1.38. The monoisotopic (exact) mass is 521 g/mol. The second-order valence-corrected chi connectivity index (χ2v) is 9.78. The number of hydrogen-bond acceptors (Lipinski definition) is 7. The van der Waals surface area contributed by atoms with Gasteiger partial charge in [-0.05, 0) is 63.0 Å². The van der Waals surface area contributed by atoms with Gasteiger partial charge >= 0.3 is 6.03 Å². The SMILES string of the molecule is N#Cc1cc2c(Oc3ccc(NC(=O)NC4CC4)c(Cl)c3)ccnc2cc1OC[C@H](O)CN1CCCC1. The quantitative estimate of drug-likeness (QED) is 0.374. The molecule has 37 heavy (non-hydrogen) atoms. The van der Waals surface area contributed by atoms with E-state index >= 15 is 0 Å². The molecule has 10 heteroatoms. The summed E-state index contributed by atoms with van der Waals surface area (Å²) in [6.07, 6.45) is 5.25. The number of anilines is 1. The van der Waals surface area contributed by atoms with Gasteiger partial charge in [-0.1, -0.05) is 11.6 Å². The lowest BCUT2D eigenvalue weighted by molar-refractivity contribution is 0.0758. The van der Waals surface area contributed by atoms with E-state index in [-0.39, 0.29) is 18.7 Å². The number of β-amino-alcohol motifs (C(OH)–C–C–N with tert-alkyl or cyclic N) is 1. The summed E-state index contributed by atoms with van der Waals surface area (Å²) in [4.78, 5) is 18.6. The molecule has 2 fully saturated rings.